The van der Waals surface area contributed by atoms with Crippen LogP contribution in [0.3, 0.4) is 0 Å². The predicted molar refractivity (Wildman–Crippen MR) is 71.4 cm³/mol. The molecule has 2 rings (SSSR count). The summed E-state index contributed by atoms with van der Waals surface area (Å²) in [7, 11) is 1.75. The number of hydrogen-bond acceptors (Lipinski definition) is 3. The lowest BCUT2D eigenvalue weighted by Gasteiger charge is -2.33. The van der Waals surface area contributed by atoms with Gasteiger partial charge in [0.15, 0.2) is 0 Å². The third-order valence-electron chi connectivity index (χ3n) is 3.52. The van der Waals surface area contributed by atoms with Gasteiger partial charge < -0.3 is 15.4 Å². The second-order valence-corrected chi connectivity index (χ2v) is 4.78. The lowest BCUT2D eigenvalue weighted by Crippen LogP contribution is -2.36. The summed E-state index contributed by atoms with van der Waals surface area (Å²) in [5, 5.41) is 0. The summed E-state index contributed by atoms with van der Waals surface area (Å²) >= 11 is 0. The van der Waals surface area contributed by atoms with Crippen molar-refractivity contribution in [2.45, 2.75) is 25.4 Å². The van der Waals surface area contributed by atoms with Crippen molar-refractivity contribution in [3.63, 3.8) is 0 Å². The predicted octanol–water partition coefficient (Wildman–Crippen LogP) is 1.94. The maximum absolute atomic E-state index is 13.6. The minimum Gasteiger partial charge on any atom is -0.381 e. The molecule has 0 radical (unpaired) electrons. The molecule has 1 aliphatic heterocycles. The third kappa shape index (κ3) is 3.21. The minimum absolute atomic E-state index is 0.176. The number of piperidine rings is 1. The standard InChI is InChI=1S/C14H21FN2O/c1-18-14-3-6-17(7-4-14)13-9-11(2-5-16)8-12(15)10-13/h8-10,14H,2-7,16H2,1H3. The Bertz CT molecular complexity index is 389. The highest BCUT2D eigenvalue weighted by atomic mass is 19.1. The molecule has 1 aromatic rings. The SMILES string of the molecule is COC1CCN(c2cc(F)cc(CCN)c2)CC1. The Morgan fingerprint density at radius 3 is 2.67 bits per heavy atom. The average molecular weight is 252 g/mol. The van der Waals surface area contributed by atoms with E-state index in [4.69, 9.17) is 10.5 Å². The van der Waals surface area contributed by atoms with Gasteiger partial charge in [0.05, 0.1) is 6.10 Å². The molecule has 1 aliphatic rings. The maximum Gasteiger partial charge on any atom is 0.125 e. The van der Waals surface area contributed by atoms with E-state index < -0.39 is 0 Å². The monoisotopic (exact) mass is 252 g/mol. The number of methoxy groups -OCH3 is 1. The number of benzene rings is 1. The van der Waals surface area contributed by atoms with Crippen LogP contribution in [-0.4, -0.2) is 32.8 Å². The smallest absolute Gasteiger partial charge is 0.125 e. The Kier molecular flexibility index (Phi) is 4.55. The van der Waals surface area contributed by atoms with Gasteiger partial charge in [-0.05, 0) is 49.6 Å². The fourth-order valence-electron chi connectivity index (χ4n) is 2.48. The van der Waals surface area contributed by atoms with Crippen molar-refractivity contribution in [1.29, 1.82) is 0 Å². The first-order valence-electron chi connectivity index (χ1n) is 6.50. The molecule has 1 fully saturated rings. The number of anilines is 1. The number of rotatable bonds is 4. The molecule has 0 aliphatic carbocycles. The van der Waals surface area contributed by atoms with Crippen LogP contribution < -0.4 is 10.6 Å². The zero-order chi connectivity index (χ0) is 13.0. The summed E-state index contributed by atoms with van der Waals surface area (Å²) in [5.74, 6) is -0.176. The Labute approximate surface area is 108 Å². The van der Waals surface area contributed by atoms with Gasteiger partial charge in [0.25, 0.3) is 0 Å². The van der Waals surface area contributed by atoms with E-state index in [-0.39, 0.29) is 5.82 Å². The molecule has 2 N–H and O–H groups in total. The largest absolute Gasteiger partial charge is 0.381 e. The van der Waals surface area contributed by atoms with Crippen molar-refractivity contribution in [2.75, 3.05) is 31.6 Å². The molecule has 1 saturated heterocycles. The van der Waals surface area contributed by atoms with Gasteiger partial charge in [-0.25, -0.2) is 4.39 Å². The molecule has 1 heterocycles. The lowest BCUT2D eigenvalue weighted by atomic mass is 10.1. The van der Waals surface area contributed by atoms with Crippen LogP contribution in [0.15, 0.2) is 18.2 Å². The van der Waals surface area contributed by atoms with Crippen LogP contribution >= 0.6 is 0 Å². The van der Waals surface area contributed by atoms with E-state index in [1.807, 2.05) is 6.07 Å². The molecule has 1 aromatic carbocycles. The first kappa shape index (κ1) is 13.3. The molecule has 0 spiro atoms. The van der Waals surface area contributed by atoms with Crippen LogP contribution in [0.4, 0.5) is 10.1 Å². The van der Waals surface area contributed by atoms with Gasteiger partial charge in [0.2, 0.25) is 0 Å². The van der Waals surface area contributed by atoms with Crippen molar-refractivity contribution in [2.24, 2.45) is 5.73 Å². The Hall–Kier alpha value is -1.13. The van der Waals surface area contributed by atoms with E-state index in [0.717, 1.165) is 43.6 Å². The first-order chi connectivity index (χ1) is 8.72. The molecular formula is C14H21FN2O. The Morgan fingerprint density at radius 1 is 1.33 bits per heavy atom. The molecule has 3 nitrogen and oxygen atoms in total. The van der Waals surface area contributed by atoms with Crippen LogP contribution in [0.1, 0.15) is 18.4 Å². The van der Waals surface area contributed by atoms with Gasteiger partial charge in [0, 0.05) is 25.9 Å². The van der Waals surface area contributed by atoms with Crippen molar-refractivity contribution >= 4 is 5.69 Å². The molecule has 100 valence electrons. The summed E-state index contributed by atoms with van der Waals surface area (Å²) in [4.78, 5) is 2.22. The fourth-order valence-corrected chi connectivity index (χ4v) is 2.48. The summed E-state index contributed by atoms with van der Waals surface area (Å²) in [5.41, 5.74) is 7.46. The molecule has 4 heteroatoms. The van der Waals surface area contributed by atoms with Crippen LogP contribution in [0.2, 0.25) is 0 Å². The molecule has 0 bridgehead atoms. The zero-order valence-electron chi connectivity index (χ0n) is 10.9. The zero-order valence-corrected chi connectivity index (χ0v) is 10.9. The van der Waals surface area contributed by atoms with E-state index in [0.29, 0.717) is 12.6 Å². The number of hydrogen-bond donors (Lipinski definition) is 1. The highest BCUT2D eigenvalue weighted by molar-refractivity contribution is 5.49. The molecule has 0 amide bonds. The summed E-state index contributed by atoms with van der Waals surface area (Å²) < 4.78 is 18.9. The average Bonchev–Trinajstić information content (AvgIpc) is 2.38. The second kappa shape index (κ2) is 6.16. The molecule has 0 atom stereocenters. The molecule has 18 heavy (non-hydrogen) atoms. The fraction of sp³-hybridized carbons (Fsp3) is 0.571. The van der Waals surface area contributed by atoms with Crippen LogP contribution in [0, 0.1) is 5.82 Å². The minimum atomic E-state index is -0.176. The van der Waals surface area contributed by atoms with E-state index in [1.165, 1.54) is 0 Å². The number of nitrogens with zero attached hydrogens (tertiary/aromatic N) is 1. The summed E-state index contributed by atoms with van der Waals surface area (Å²) in [6, 6.07) is 5.22. The number of ether oxygens (including phenoxy) is 1. The van der Waals surface area contributed by atoms with E-state index in [1.54, 1.807) is 19.2 Å². The van der Waals surface area contributed by atoms with Gasteiger partial charge in [-0.1, -0.05) is 0 Å². The van der Waals surface area contributed by atoms with Gasteiger partial charge in [-0.3, -0.25) is 0 Å². The summed E-state index contributed by atoms with van der Waals surface area (Å²) in [6.45, 7) is 2.39. The maximum atomic E-state index is 13.6. The van der Waals surface area contributed by atoms with Crippen molar-refractivity contribution < 1.29 is 9.13 Å². The number of nitrogens with two attached hydrogens (primary N) is 1. The van der Waals surface area contributed by atoms with Gasteiger partial charge in [0.1, 0.15) is 5.82 Å². The van der Waals surface area contributed by atoms with E-state index in [9.17, 15) is 4.39 Å². The highest BCUT2D eigenvalue weighted by Gasteiger charge is 2.19. The topological polar surface area (TPSA) is 38.5 Å². The highest BCUT2D eigenvalue weighted by Crippen LogP contribution is 2.23. The first-order valence-corrected chi connectivity index (χ1v) is 6.50. The molecule has 0 aromatic heterocycles. The lowest BCUT2D eigenvalue weighted by molar-refractivity contribution is 0.0819. The quantitative estimate of drug-likeness (QED) is 0.890. The molecule has 0 saturated carbocycles. The van der Waals surface area contributed by atoms with Gasteiger partial charge in [-0.15, -0.1) is 0 Å². The van der Waals surface area contributed by atoms with Gasteiger partial charge in [-0.2, -0.15) is 0 Å². The second-order valence-electron chi connectivity index (χ2n) is 4.78. The molecule has 0 unspecified atom stereocenters. The Morgan fingerprint density at radius 2 is 2.06 bits per heavy atom. The number of halogens is 1. The third-order valence-corrected chi connectivity index (χ3v) is 3.52. The van der Waals surface area contributed by atoms with Gasteiger partial charge >= 0.3 is 0 Å². The van der Waals surface area contributed by atoms with Crippen molar-refractivity contribution in [3.05, 3.63) is 29.6 Å². The Balaban J connectivity index is 2.08. The van der Waals surface area contributed by atoms with Crippen LogP contribution in [0.25, 0.3) is 0 Å². The van der Waals surface area contributed by atoms with E-state index >= 15 is 0 Å². The molecular weight excluding hydrogens is 231 g/mol. The van der Waals surface area contributed by atoms with Crippen LogP contribution in [0.5, 0.6) is 0 Å². The van der Waals surface area contributed by atoms with Crippen molar-refractivity contribution in [3.8, 4) is 0 Å². The van der Waals surface area contributed by atoms with E-state index in [2.05, 4.69) is 4.90 Å². The van der Waals surface area contributed by atoms with Crippen LogP contribution in [-0.2, 0) is 11.2 Å². The van der Waals surface area contributed by atoms with Crippen molar-refractivity contribution in [1.82, 2.24) is 0 Å². The summed E-state index contributed by atoms with van der Waals surface area (Å²) in [6.07, 6.45) is 3.07. The normalized spacial score (nSPS) is 17.2.